The summed E-state index contributed by atoms with van der Waals surface area (Å²) in [7, 11) is 0. The van der Waals surface area contributed by atoms with Gasteiger partial charge in [0.25, 0.3) is 5.91 Å². The summed E-state index contributed by atoms with van der Waals surface area (Å²) >= 11 is 5.85. The second-order valence-corrected chi connectivity index (χ2v) is 6.45. The van der Waals surface area contributed by atoms with Crippen LogP contribution in [-0.2, 0) is 4.74 Å². The average molecular weight is 347 g/mol. The topological polar surface area (TPSA) is 70.6 Å². The summed E-state index contributed by atoms with van der Waals surface area (Å²) in [5, 5.41) is 16.2. The minimum Gasteiger partial charge on any atom is -0.396 e. The Morgan fingerprint density at radius 3 is 2.50 bits per heavy atom. The lowest BCUT2D eigenvalue weighted by Crippen LogP contribution is -2.50. The van der Waals surface area contributed by atoms with Gasteiger partial charge in [-0.05, 0) is 36.4 Å². The first kappa shape index (κ1) is 16.8. The van der Waals surface area contributed by atoms with Gasteiger partial charge in [0.1, 0.15) is 0 Å². The number of nitrogens with one attached hydrogen (secondary N) is 2. The van der Waals surface area contributed by atoms with Crippen LogP contribution in [0, 0.1) is 5.41 Å². The third kappa shape index (κ3) is 3.70. The number of amides is 1. The van der Waals surface area contributed by atoms with E-state index >= 15 is 0 Å². The number of benzene rings is 2. The number of carbonyl (C=O) groups excluding carboxylic acids is 1. The van der Waals surface area contributed by atoms with Gasteiger partial charge in [-0.3, -0.25) is 4.79 Å². The molecule has 1 aliphatic rings. The average Bonchev–Trinajstić information content (AvgIpc) is 2.57. The maximum absolute atomic E-state index is 12.5. The van der Waals surface area contributed by atoms with Gasteiger partial charge in [-0.15, -0.1) is 0 Å². The molecule has 1 saturated heterocycles. The fourth-order valence-electron chi connectivity index (χ4n) is 2.49. The summed E-state index contributed by atoms with van der Waals surface area (Å²) in [6, 6.07) is 14.2. The standard InChI is InChI=1S/C18H19ClN2O3/c19-13-5-7-14(8-6-13)21-17(23)15-3-1-2-4-16(15)20-9-18(10-22)11-24-12-18/h1-8,20,22H,9-12H2,(H,21,23). The summed E-state index contributed by atoms with van der Waals surface area (Å²) in [5.74, 6) is -0.205. The van der Waals surface area contributed by atoms with Crippen LogP contribution < -0.4 is 10.6 Å². The minimum absolute atomic E-state index is 0.0547. The number of aliphatic hydroxyl groups is 1. The number of hydrogen-bond acceptors (Lipinski definition) is 4. The lowest BCUT2D eigenvalue weighted by molar-refractivity contribution is -0.128. The van der Waals surface area contributed by atoms with Crippen molar-refractivity contribution in [2.24, 2.45) is 5.41 Å². The Hall–Kier alpha value is -2.08. The van der Waals surface area contributed by atoms with Crippen LogP contribution in [0.3, 0.4) is 0 Å². The van der Waals surface area contributed by atoms with Gasteiger partial charge in [0.2, 0.25) is 0 Å². The molecule has 2 aromatic rings. The van der Waals surface area contributed by atoms with E-state index in [2.05, 4.69) is 10.6 Å². The molecular formula is C18H19ClN2O3. The molecule has 6 heteroatoms. The van der Waals surface area contributed by atoms with E-state index in [1.807, 2.05) is 18.2 Å². The number of para-hydroxylation sites is 1. The molecule has 24 heavy (non-hydrogen) atoms. The van der Waals surface area contributed by atoms with Crippen molar-refractivity contribution in [2.45, 2.75) is 0 Å². The monoisotopic (exact) mass is 346 g/mol. The van der Waals surface area contributed by atoms with E-state index < -0.39 is 0 Å². The van der Waals surface area contributed by atoms with Gasteiger partial charge in [0.15, 0.2) is 0 Å². The maximum Gasteiger partial charge on any atom is 0.257 e. The fourth-order valence-corrected chi connectivity index (χ4v) is 2.62. The van der Waals surface area contributed by atoms with Crippen molar-refractivity contribution in [3.8, 4) is 0 Å². The zero-order valence-corrected chi connectivity index (χ0v) is 13.8. The van der Waals surface area contributed by atoms with Crippen molar-refractivity contribution in [1.29, 1.82) is 0 Å². The fraction of sp³-hybridized carbons (Fsp3) is 0.278. The van der Waals surface area contributed by atoms with Crippen LogP contribution in [0.4, 0.5) is 11.4 Å². The second-order valence-electron chi connectivity index (χ2n) is 6.01. The Morgan fingerprint density at radius 1 is 1.17 bits per heavy atom. The van der Waals surface area contributed by atoms with Crippen LogP contribution in [-0.4, -0.2) is 37.4 Å². The van der Waals surface area contributed by atoms with Crippen LogP contribution in [0.2, 0.25) is 5.02 Å². The zero-order valence-electron chi connectivity index (χ0n) is 13.1. The van der Waals surface area contributed by atoms with Gasteiger partial charge < -0.3 is 20.5 Å². The highest BCUT2D eigenvalue weighted by atomic mass is 35.5. The van der Waals surface area contributed by atoms with E-state index in [0.717, 1.165) is 5.69 Å². The predicted molar refractivity (Wildman–Crippen MR) is 94.7 cm³/mol. The van der Waals surface area contributed by atoms with Crippen molar-refractivity contribution in [1.82, 2.24) is 0 Å². The van der Waals surface area contributed by atoms with Crippen LogP contribution in [0.15, 0.2) is 48.5 Å². The first-order chi connectivity index (χ1) is 11.6. The molecule has 5 nitrogen and oxygen atoms in total. The SMILES string of the molecule is O=C(Nc1ccc(Cl)cc1)c1ccccc1NCC1(CO)COC1. The van der Waals surface area contributed by atoms with Crippen LogP contribution in [0.5, 0.6) is 0 Å². The lowest BCUT2D eigenvalue weighted by atomic mass is 9.87. The summed E-state index contributed by atoms with van der Waals surface area (Å²) in [6.07, 6.45) is 0. The third-order valence-corrected chi connectivity index (χ3v) is 4.33. The van der Waals surface area contributed by atoms with Crippen molar-refractivity contribution < 1.29 is 14.6 Å². The van der Waals surface area contributed by atoms with E-state index in [0.29, 0.717) is 36.0 Å². The molecule has 1 fully saturated rings. The van der Waals surface area contributed by atoms with Crippen molar-refractivity contribution in [2.75, 3.05) is 37.0 Å². The first-order valence-electron chi connectivity index (χ1n) is 7.70. The van der Waals surface area contributed by atoms with Crippen LogP contribution >= 0.6 is 11.6 Å². The Bertz CT molecular complexity index is 709. The van der Waals surface area contributed by atoms with Gasteiger partial charge in [0.05, 0.1) is 30.8 Å². The van der Waals surface area contributed by atoms with Crippen LogP contribution in [0.1, 0.15) is 10.4 Å². The lowest BCUT2D eigenvalue weighted by Gasteiger charge is -2.40. The Morgan fingerprint density at radius 2 is 1.88 bits per heavy atom. The van der Waals surface area contributed by atoms with Gasteiger partial charge >= 0.3 is 0 Å². The van der Waals surface area contributed by atoms with E-state index in [1.165, 1.54) is 0 Å². The molecule has 1 amide bonds. The van der Waals surface area contributed by atoms with Gasteiger partial charge in [-0.1, -0.05) is 23.7 Å². The first-order valence-corrected chi connectivity index (χ1v) is 8.08. The smallest absolute Gasteiger partial charge is 0.257 e. The molecule has 0 radical (unpaired) electrons. The molecule has 3 rings (SSSR count). The summed E-state index contributed by atoms with van der Waals surface area (Å²) in [5.41, 5.74) is 1.68. The quantitative estimate of drug-likeness (QED) is 0.752. The summed E-state index contributed by atoms with van der Waals surface area (Å²) in [4.78, 5) is 12.5. The molecule has 0 unspecified atom stereocenters. The molecule has 1 heterocycles. The number of anilines is 2. The molecule has 0 bridgehead atoms. The Labute approximate surface area is 145 Å². The summed E-state index contributed by atoms with van der Waals surface area (Å²) < 4.78 is 5.19. The molecular weight excluding hydrogens is 328 g/mol. The number of hydrogen-bond donors (Lipinski definition) is 3. The van der Waals surface area contributed by atoms with Gasteiger partial charge in [0, 0.05) is 22.9 Å². The molecule has 3 N–H and O–H groups in total. The molecule has 0 atom stereocenters. The van der Waals surface area contributed by atoms with Crippen LogP contribution in [0.25, 0.3) is 0 Å². The third-order valence-electron chi connectivity index (χ3n) is 4.08. The molecule has 0 spiro atoms. The highest BCUT2D eigenvalue weighted by Gasteiger charge is 2.38. The molecule has 126 valence electrons. The highest BCUT2D eigenvalue weighted by molar-refractivity contribution is 6.30. The molecule has 0 aromatic heterocycles. The second kappa shape index (κ2) is 7.21. The zero-order chi connectivity index (χ0) is 17.0. The predicted octanol–water partition coefficient (Wildman–Crippen LogP) is 3.01. The Balaban J connectivity index is 1.71. The molecule has 2 aromatic carbocycles. The normalized spacial score (nSPS) is 15.4. The van der Waals surface area contributed by atoms with E-state index in [1.54, 1.807) is 30.3 Å². The van der Waals surface area contributed by atoms with Crippen molar-refractivity contribution >= 4 is 28.9 Å². The Kier molecular flexibility index (Phi) is 5.04. The number of halogens is 1. The molecule has 1 aliphatic heterocycles. The maximum atomic E-state index is 12.5. The molecule has 0 saturated carbocycles. The number of aliphatic hydroxyl groups excluding tert-OH is 1. The highest BCUT2D eigenvalue weighted by Crippen LogP contribution is 2.28. The van der Waals surface area contributed by atoms with Gasteiger partial charge in [-0.25, -0.2) is 0 Å². The van der Waals surface area contributed by atoms with Crippen molar-refractivity contribution in [3.05, 3.63) is 59.1 Å². The summed E-state index contributed by atoms with van der Waals surface area (Å²) in [6.45, 7) is 1.65. The van der Waals surface area contributed by atoms with E-state index in [4.69, 9.17) is 16.3 Å². The number of ether oxygens (including phenoxy) is 1. The van der Waals surface area contributed by atoms with E-state index in [9.17, 15) is 9.90 Å². The number of rotatable bonds is 6. The largest absolute Gasteiger partial charge is 0.396 e. The van der Waals surface area contributed by atoms with Gasteiger partial charge in [-0.2, -0.15) is 0 Å². The molecule has 0 aliphatic carbocycles. The van der Waals surface area contributed by atoms with Crippen molar-refractivity contribution in [3.63, 3.8) is 0 Å². The number of carbonyl (C=O) groups is 1. The minimum atomic E-state index is -0.264. The van der Waals surface area contributed by atoms with E-state index in [-0.39, 0.29) is 17.9 Å².